The smallest absolute Gasteiger partial charge is 0.293 e. The molecule has 0 fully saturated rings. The molecule has 1 aromatic carbocycles. The molecular formula is C12H15N3O4S. The number of rotatable bonds is 4. The minimum Gasteiger partial charge on any atom is -0.376 e. The van der Waals surface area contributed by atoms with Crippen LogP contribution < -0.4 is 10.5 Å². The highest BCUT2D eigenvalue weighted by molar-refractivity contribution is 7.89. The average Bonchev–Trinajstić information content (AvgIpc) is 2.38. The van der Waals surface area contributed by atoms with E-state index >= 15 is 0 Å². The molecule has 1 aliphatic rings. The number of anilines is 1. The average molecular weight is 297 g/mol. The first-order valence-corrected chi connectivity index (χ1v) is 7.65. The Hall–Kier alpha value is -1.93. The monoisotopic (exact) mass is 297 g/mol. The van der Waals surface area contributed by atoms with Gasteiger partial charge in [-0.3, -0.25) is 10.1 Å². The topological polar surface area (TPSA) is 115 Å². The Balaban J connectivity index is 2.33. The van der Waals surface area contributed by atoms with Crippen LogP contribution in [0.5, 0.6) is 0 Å². The van der Waals surface area contributed by atoms with Crippen molar-refractivity contribution in [2.24, 2.45) is 5.14 Å². The predicted molar refractivity (Wildman–Crippen MR) is 74.9 cm³/mol. The SMILES string of the molecule is NS(=O)(=O)c1ccc(NC2CC=CCC2)c([N+](=O)[O-])c1. The maximum absolute atomic E-state index is 11.2. The normalized spacial score (nSPS) is 18.8. The fourth-order valence-electron chi connectivity index (χ4n) is 2.11. The quantitative estimate of drug-likeness (QED) is 0.499. The Morgan fingerprint density at radius 1 is 1.35 bits per heavy atom. The van der Waals surface area contributed by atoms with Gasteiger partial charge in [-0.15, -0.1) is 0 Å². The maximum Gasteiger partial charge on any atom is 0.293 e. The Morgan fingerprint density at radius 2 is 2.10 bits per heavy atom. The zero-order valence-electron chi connectivity index (χ0n) is 10.7. The van der Waals surface area contributed by atoms with Crippen LogP contribution in [0.15, 0.2) is 35.2 Å². The molecular weight excluding hydrogens is 282 g/mol. The van der Waals surface area contributed by atoms with Gasteiger partial charge in [-0.2, -0.15) is 0 Å². The Labute approximate surface area is 116 Å². The number of primary sulfonamides is 1. The molecule has 0 amide bonds. The molecule has 7 nitrogen and oxygen atoms in total. The van der Waals surface area contributed by atoms with Crippen LogP contribution in [-0.4, -0.2) is 19.4 Å². The lowest BCUT2D eigenvalue weighted by molar-refractivity contribution is -0.384. The number of hydrogen-bond acceptors (Lipinski definition) is 5. The van der Waals surface area contributed by atoms with Gasteiger partial charge < -0.3 is 5.32 Å². The number of nitro groups is 1. The van der Waals surface area contributed by atoms with Gasteiger partial charge in [0.2, 0.25) is 10.0 Å². The van der Waals surface area contributed by atoms with Gasteiger partial charge in [0.25, 0.3) is 5.69 Å². The van der Waals surface area contributed by atoms with E-state index in [0.29, 0.717) is 5.69 Å². The fraction of sp³-hybridized carbons (Fsp3) is 0.333. The molecule has 0 heterocycles. The summed E-state index contributed by atoms with van der Waals surface area (Å²) in [5.41, 5.74) is 0.0220. The van der Waals surface area contributed by atoms with E-state index in [-0.39, 0.29) is 16.6 Å². The standard InChI is InChI=1S/C12H15N3O4S/c13-20(18,19)10-6-7-11(12(8-10)15(16)17)14-9-4-2-1-3-5-9/h1-2,6-9,14H,3-5H2,(H2,13,18,19). The van der Waals surface area contributed by atoms with E-state index in [4.69, 9.17) is 5.14 Å². The van der Waals surface area contributed by atoms with Crippen molar-refractivity contribution >= 4 is 21.4 Å². The molecule has 0 saturated carbocycles. The first-order valence-electron chi connectivity index (χ1n) is 6.10. The number of nitrogens with two attached hydrogens (primary N) is 1. The third kappa shape index (κ3) is 3.34. The summed E-state index contributed by atoms with van der Waals surface area (Å²) < 4.78 is 22.5. The van der Waals surface area contributed by atoms with Gasteiger partial charge in [-0.05, 0) is 31.4 Å². The maximum atomic E-state index is 11.2. The van der Waals surface area contributed by atoms with Crippen LogP contribution in [0.25, 0.3) is 0 Å². The summed E-state index contributed by atoms with van der Waals surface area (Å²) in [5, 5.41) is 19.1. The zero-order chi connectivity index (χ0) is 14.8. The molecule has 0 aliphatic heterocycles. The molecule has 8 heteroatoms. The molecule has 1 unspecified atom stereocenters. The van der Waals surface area contributed by atoms with Crippen molar-refractivity contribution in [3.63, 3.8) is 0 Å². The zero-order valence-corrected chi connectivity index (χ0v) is 11.5. The molecule has 108 valence electrons. The molecule has 0 aromatic heterocycles. The lowest BCUT2D eigenvalue weighted by Crippen LogP contribution is -2.21. The molecule has 1 aromatic rings. The number of nitro benzene ring substituents is 1. The van der Waals surface area contributed by atoms with Gasteiger partial charge in [-0.25, -0.2) is 13.6 Å². The molecule has 0 bridgehead atoms. The Kier molecular flexibility index (Phi) is 4.05. The van der Waals surface area contributed by atoms with E-state index in [9.17, 15) is 18.5 Å². The van der Waals surface area contributed by atoms with Gasteiger partial charge in [0.05, 0.1) is 9.82 Å². The first kappa shape index (κ1) is 14.5. The van der Waals surface area contributed by atoms with Crippen molar-refractivity contribution in [3.05, 3.63) is 40.5 Å². The highest BCUT2D eigenvalue weighted by atomic mass is 32.2. The molecule has 0 radical (unpaired) electrons. The fourth-order valence-corrected chi connectivity index (χ4v) is 2.64. The van der Waals surface area contributed by atoms with Crippen LogP contribution >= 0.6 is 0 Å². The van der Waals surface area contributed by atoms with Crippen LogP contribution in [0.2, 0.25) is 0 Å². The van der Waals surface area contributed by atoms with Gasteiger partial charge in [0.1, 0.15) is 5.69 Å². The molecule has 2 rings (SSSR count). The van der Waals surface area contributed by atoms with Gasteiger partial charge in [0, 0.05) is 12.1 Å². The highest BCUT2D eigenvalue weighted by Crippen LogP contribution is 2.29. The van der Waals surface area contributed by atoms with Crippen LogP contribution in [0.3, 0.4) is 0 Å². The van der Waals surface area contributed by atoms with Gasteiger partial charge >= 0.3 is 0 Å². The second-order valence-corrected chi connectivity index (χ2v) is 6.17. The number of nitrogens with zero attached hydrogens (tertiary/aromatic N) is 1. The summed E-state index contributed by atoms with van der Waals surface area (Å²) in [5.74, 6) is 0. The van der Waals surface area contributed by atoms with Crippen LogP contribution in [0, 0.1) is 10.1 Å². The van der Waals surface area contributed by atoms with Crippen molar-refractivity contribution in [2.45, 2.75) is 30.2 Å². The molecule has 0 saturated heterocycles. The molecule has 1 aliphatic carbocycles. The second-order valence-electron chi connectivity index (χ2n) is 4.61. The highest BCUT2D eigenvalue weighted by Gasteiger charge is 2.21. The summed E-state index contributed by atoms with van der Waals surface area (Å²) in [6.45, 7) is 0. The third-order valence-corrected chi connectivity index (χ3v) is 4.03. The molecule has 3 N–H and O–H groups in total. The van der Waals surface area contributed by atoms with Crippen molar-refractivity contribution in [2.75, 3.05) is 5.32 Å². The molecule has 20 heavy (non-hydrogen) atoms. The minimum absolute atomic E-state index is 0.110. The van der Waals surface area contributed by atoms with Gasteiger partial charge in [0.15, 0.2) is 0 Å². The van der Waals surface area contributed by atoms with E-state index in [2.05, 4.69) is 11.4 Å². The number of allylic oxidation sites excluding steroid dienone is 1. The van der Waals surface area contributed by atoms with Crippen LogP contribution in [0.4, 0.5) is 11.4 Å². The van der Waals surface area contributed by atoms with Crippen molar-refractivity contribution in [3.8, 4) is 0 Å². The lowest BCUT2D eigenvalue weighted by Gasteiger charge is -2.20. The second kappa shape index (κ2) is 5.59. The lowest BCUT2D eigenvalue weighted by atomic mass is 10.0. The van der Waals surface area contributed by atoms with E-state index in [1.165, 1.54) is 12.1 Å². The van der Waals surface area contributed by atoms with Gasteiger partial charge in [-0.1, -0.05) is 12.2 Å². The van der Waals surface area contributed by atoms with E-state index in [1.807, 2.05) is 6.08 Å². The summed E-state index contributed by atoms with van der Waals surface area (Å²) >= 11 is 0. The third-order valence-electron chi connectivity index (χ3n) is 3.12. The summed E-state index contributed by atoms with van der Waals surface area (Å²) in [7, 11) is -3.95. The van der Waals surface area contributed by atoms with E-state index in [1.54, 1.807) is 0 Å². The number of sulfonamides is 1. The largest absolute Gasteiger partial charge is 0.376 e. The minimum atomic E-state index is -3.95. The van der Waals surface area contributed by atoms with Crippen molar-refractivity contribution < 1.29 is 13.3 Å². The van der Waals surface area contributed by atoms with Crippen LogP contribution in [-0.2, 0) is 10.0 Å². The summed E-state index contributed by atoms with van der Waals surface area (Å²) in [6, 6.07) is 3.74. The molecule has 1 atom stereocenters. The predicted octanol–water partition coefficient (Wildman–Crippen LogP) is 1.76. The molecule has 0 spiro atoms. The summed E-state index contributed by atoms with van der Waals surface area (Å²) in [4.78, 5) is 10.2. The van der Waals surface area contributed by atoms with E-state index in [0.717, 1.165) is 25.3 Å². The van der Waals surface area contributed by atoms with Crippen molar-refractivity contribution in [1.82, 2.24) is 0 Å². The van der Waals surface area contributed by atoms with Crippen molar-refractivity contribution in [1.29, 1.82) is 0 Å². The summed E-state index contributed by atoms with van der Waals surface area (Å²) in [6.07, 6.45) is 6.67. The Morgan fingerprint density at radius 3 is 2.65 bits per heavy atom. The van der Waals surface area contributed by atoms with E-state index < -0.39 is 14.9 Å². The number of benzene rings is 1. The van der Waals surface area contributed by atoms with Crippen LogP contribution in [0.1, 0.15) is 19.3 Å². The number of nitrogens with one attached hydrogen (secondary N) is 1. The Bertz CT molecular complexity index is 655. The number of hydrogen-bond donors (Lipinski definition) is 2. The first-order chi connectivity index (χ1) is 9.38.